The summed E-state index contributed by atoms with van der Waals surface area (Å²) in [6.45, 7) is 5.71. The first-order valence-corrected chi connectivity index (χ1v) is 12.1. The highest BCUT2D eigenvalue weighted by atomic mass is 35.5. The van der Waals surface area contributed by atoms with Crippen molar-refractivity contribution in [2.45, 2.75) is 123 Å². The third-order valence-electron chi connectivity index (χ3n) is 5.78. The largest absolute Gasteiger partial charge is 0.310 e. The first-order valence-electron chi connectivity index (χ1n) is 12.1. The molecule has 1 unspecified atom stereocenters. The van der Waals surface area contributed by atoms with Crippen LogP contribution < -0.4 is 5.32 Å². The summed E-state index contributed by atoms with van der Waals surface area (Å²) in [6, 6.07) is 11.2. The Bertz CT molecular complexity index is 406. The molecule has 1 rings (SSSR count). The van der Waals surface area contributed by atoms with Crippen molar-refractivity contribution in [3.8, 4) is 0 Å². The molecule has 0 aliphatic carbocycles. The Morgan fingerprint density at radius 3 is 1.43 bits per heavy atom. The molecule has 0 heterocycles. The summed E-state index contributed by atoms with van der Waals surface area (Å²) < 4.78 is 0. The minimum Gasteiger partial charge on any atom is -0.310 e. The molecule has 0 fully saturated rings. The van der Waals surface area contributed by atoms with Gasteiger partial charge in [-0.25, -0.2) is 0 Å². The molecule has 2 heteroatoms. The molecule has 1 aromatic carbocycles. The van der Waals surface area contributed by atoms with E-state index in [1.807, 2.05) is 0 Å². The molecule has 0 radical (unpaired) electrons. The van der Waals surface area contributed by atoms with Crippen LogP contribution in [0.4, 0.5) is 0 Å². The summed E-state index contributed by atoms with van der Waals surface area (Å²) in [7, 11) is 0. The maximum absolute atomic E-state index is 3.65. The molecule has 0 aliphatic heterocycles. The van der Waals surface area contributed by atoms with Crippen molar-refractivity contribution in [1.29, 1.82) is 0 Å². The second kappa shape index (κ2) is 21.2. The maximum atomic E-state index is 3.65. The van der Waals surface area contributed by atoms with Gasteiger partial charge in [-0.3, -0.25) is 0 Å². The monoisotopic (exact) mass is 409 g/mol. The van der Waals surface area contributed by atoms with Gasteiger partial charge in [-0.15, -0.1) is 12.4 Å². The number of unbranched alkanes of at least 4 members (excludes halogenated alkanes) is 15. The molecule has 0 aliphatic rings. The Morgan fingerprint density at radius 1 is 0.607 bits per heavy atom. The van der Waals surface area contributed by atoms with Crippen LogP contribution in [0, 0.1) is 0 Å². The van der Waals surface area contributed by atoms with Gasteiger partial charge in [0.25, 0.3) is 0 Å². The van der Waals surface area contributed by atoms with E-state index in [0.29, 0.717) is 6.04 Å². The van der Waals surface area contributed by atoms with Gasteiger partial charge in [0.1, 0.15) is 0 Å². The first kappa shape index (κ1) is 27.5. The number of halogens is 1. The Balaban J connectivity index is 0.00000729. The highest BCUT2D eigenvalue weighted by Crippen LogP contribution is 2.14. The summed E-state index contributed by atoms with van der Waals surface area (Å²) in [4.78, 5) is 0. The molecular formula is C26H48ClN. The van der Waals surface area contributed by atoms with Gasteiger partial charge in [0, 0.05) is 6.04 Å². The van der Waals surface area contributed by atoms with Crippen LogP contribution in [0.2, 0.25) is 0 Å². The lowest BCUT2D eigenvalue weighted by atomic mass is 10.0. The highest BCUT2D eigenvalue weighted by Gasteiger charge is 2.02. The van der Waals surface area contributed by atoms with Gasteiger partial charge in [-0.1, -0.05) is 134 Å². The van der Waals surface area contributed by atoms with E-state index < -0.39 is 0 Å². The molecular weight excluding hydrogens is 362 g/mol. The highest BCUT2D eigenvalue weighted by molar-refractivity contribution is 5.85. The van der Waals surface area contributed by atoms with E-state index in [4.69, 9.17) is 0 Å². The normalized spacial score (nSPS) is 11.9. The van der Waals surface area contributed by atoms with Crippen LogP contribution in [0.1, 0.15) is 128 Å². The topological polar surface area (TPSA) is 12.0 Å². The zero-order chi connectivity index (χ0) is 19.4. The second-order valence-electron chi connectivity index (χ2n) is 8.39. The quantitative estimate of drug-likeness (QED) is 0.224. The molecule has 164 valence electrons. The van der Waals surface area contributed by atoms with Crippen LogP contribution in [0.5, 0.6) is 0 Å². The van der Waals surface area contributed by atoms with Crippen LogP contribution in [0.25, 0.3) is 0 Å². The lowest BCUT2D eigenvalue weighted by molar-refractivity contribution is 0.512. The molecule has 0 amide bonds. The lowest BCUT2D eigenvalue weighted by Crippen LogP contribution is -2.19. The predicted octanol–water partition coefficient (Wildman–Crippen LogP) is 9.02. The maximum Gasteiger partial charge on any atom is 0.0291 e. The van der Waals surface area contributed by atoms with Gasteiger partial charge in [-0.05, 0) is 25.5 Å². The van der Waals surface area contributed by atoms with E-state index in [2.05, 4.69) is 49.5 Å². The van der Waals surface area contributed by atoms with E-state index in [1.54, 1.807) is 0 Å². The van der Waals surface area contributed by atoms with E-state index in [-0.39, 0.29) is 12.4 Å². The Labute approximate surface area is 182 Å². The third-order valence-corrected chi connectivity index (χ3v) is 5.78. The molecule has 0 saturated heterocycles. The number of hydrogen-bond acceptors (Lipinski definition) is 1. The molecule has 1 nitrogen and oxygen atoms in total. The standard InChI is InChI=1S/C26H47N.ClH/c1-3-4-5-6-7-8-9-10-11-12-13-14-15-16-17-21-24-27-25(2)26-22-19-18-20-23-26;/h18-20,22-23,25,27H,3-17,21,24H2,1-2H3;1H. The van der Waals surface area contributed by atoms with E-state index in [0.717, 1.165) is 6.54 Å². The molecule has 1 atom stereocenters. The van der Waals surface area contributed by atoms with Gasteiger partial charge in [0.2, 0.25) is 0 Å². The first-order chi connectivity index (χ1) is 13.3. The van der Waals surface area contributed by atoms with Gasteiger partial charge in [-0.2, -0.15) is 0 Å². The lowest BCUT2D eigenvalue weighted by Gasteiger charge is -2.13. The zero-order valence-electron chi connectivity index (χ0n) is 18.9. The van der Waals surface area contributed by atoms with Crippen LogP contribution in [-0.4, -0.2) is 6.54 Å². The third kappa shape index (κ3) is 16.4. The smallest absolute Gasteiger partial charge is 0.0291 e. The van der Waals surface area contributed by atoms with Gasteiger partial charge in [0.05, 0.1) is 0 Å². The van der Waals surface area contributed by atoms with Crippen LogP contribution in [0.15, 0.2) is 30.3 Å². The predicted molar refractivity (Wildman–Crippen MR) is 130 cm³/mol. The summed E-state index contributed by atoms with van der Waals surface area (Å²) >= 11 is 0. The van der Waals surface area contributed by atoms with Crippen LogP contribution in [0.3, 0.4) is 0 Å². The van der Waals surface area contributed by atoms with Crippen molar-refractivity contribution in [3.05, 3.63) is 35.9 Å². The van der Waals surface area contributed by atoms with Crippen molar-refractivity contribution in [3.63, 3.8) is 0 Å². The van der Waals surface area contributed by atoms with E-state index in [9.17, 15) is 0 Å². The van der Waals surface area contributed by atoms with Crippen molar-refractivity contribution in [2.24, 2.45) is 0 Å². The fourth-order valence-electron chi connectivity index (χ4n) is 3.85. The van der Waals surface area contributed by atoms with Crippen molar-refractivity contribution >= 4 is 12.4 Å². The number of rotatable bonds is 19. The SMILES string of the molecule is CCCCCCCCCCCCCCCCCCNC(C)c1ccccc1.Cl. The minimum atomic E-state index is 0. The van der Waals surface area contributed by atoms with Gasteiger partial charge in [0.15, 0.2) is 0 Å². The fraction of sp³-hybridized carbons (Fsp3) is 0.769. The summed E-state index contributed by atoms with van der Waals surface area (Å²) in [5.41, 5.74) is 1.40. The fourth-order valence-corrected chi connectivity index (χ4v) is 3.85. The Hall–Kier alpha value is -0.530. The number of hydrogen-bond donors (Lipinski definition) is 1. The van der Waals surface area contributed by atoms with Crippen molar-refractivity contribution in [2.75, 3.05) is 6.54 Å². The second-order valence-corrected chi connectivity index (χ2v) is 8.39. The van der Waals surface area contributed by atoms with E-state index in [1.165, 1.54) is 108 Å². The van der Waals surface area contributed by atoms with Crippen LogP contribution in [-0.2, 0) is 0 Å². The van der Waals surface area contributed by atoms with Crippen molar-refractivity contribution < 1.29 is 0 Å². The molecule has 1 aromatic rings. The molecule has 0 bridgehead atoms. The van der Waals surface area contributed by atoms with E-state index >= 15 is 0 Å². The zero-order valence-corrected chi connectivity index (χ0v) is 19.7. The molecule has 0 aromatic heterocycles. The Morgan fingerprint density at radius 2 is 1.00 bits per heavy atom. The van der Waals surface area contributed by atoms with Crippen molar-refractivity contribution in [1.82, 2.24) is 5.32 Å². The molecule has 1 N–H and O–H groups in total. The van der Waals surface area contributed by atoms with Gasteiger partial charge < -0.3 is 5.32 Å². The Kier molecular flexibility index (Phi) is 20.8. The summed E-state index contributed by atoms with van der Waals surface area (Å²) in [6.07, 6.45) is 23.0. The molecule has 28 heavy (non-hydrogen) atoms. The number of nitrogens with one attached hydrogen (secondary N) is 1. The van der Waals surface area contributed by atoms with Gasteiger partial charge >= 0.3 is 0 Å². The van der Waals surface area contributed by atoms with Crippen LogP contribution >= 0.6 is 12.4 Å². The average Bonchev–Trinajstić information content (AvgIpc) is 2.70. The minimum absolute atomic E-state index is 0. The number of benzene rings is 1. The molecule has 0 spiro atoms. The summed E-state index contributed by atoms with van der Waals surface area (Å²) in [5, 5.41) is 3.65. The summed E-state index contributed by atoms with van der Waals surface area (Å²) in [5.74, 6) is 0. The average molecular weight is 410 g/mol. The molecule has 0 saturated carbocycles.